The van der Waals surface area contributed by atoms with E-state index in [9.17, 15) is 13.2 Å². The fourth-order valence-electron chi connectivity index (χ4n) is 3.54. The summed E-state index contributed by atoms with van der Waals surface area (Å²) in [6.07, 6.45) is 2.31. The summed E-state index contributed by atoms with van der Waals surface area (Å²) < 4.78 is 35.3. The number of para-hydroxylation sites is 1. The number of aromatic nitrogens is 4. The Morgan fingerprint density at radius 1 is 1.12 bits per heavy atom. The van der Waals surface area contributed by atoms with Crippen molar-refractivity contribution in [1.82, 2.24) is 19.7 Å². The number of benzene rings is 2. The minimum atomic E-state index is -3.87. The number of aryl methyl sites for hydroxylation is 1. The van der Waals surface area contributed by atoms with Crippen LogP contribution in [0.5, 0.6) is 5.75 Å². The third-order valence-corrected chi connectivity index (χ3v) is 7.01. The summed E-state index contributed by atoms with van der Waals surface area (Å²) >= 11 is 0. The lowest BCUT2D eigenvalue weighted by Crippen LogP contribution is -2.26. The van der Waals surface area contributed by atoms with Gasteiger partial charge in [-0.05, 0) is 43.7 Å². The van der Waals surface area contributed by atoms with Gasteiger partial charge in [0.05, 0.1) is 29.0 Å². The second-order valence-corrected chi connectivity index (χ2v) is 9.39. The van der Waals surface area contributed by atoms with Gasteiger partial charge in [-0.15, -0.1) is 0 Å². The van der Waals surface area contributed by atoms with Gasteiger partial charge in [0.2, 0.25) is 0 Å². The Morgan fingerprint density at radius 3 is 2.58 bits per heavy atom. The van der Waals surface area contributed by atoms with Crippen molar-refractivity contribution in [3.8, 4) is 17.1 Å². The highest BCUT2D eigenvalue weighted by atomic mass is 32.2. The Kier molecular flexibility index (Phi) is 6.19. The van der Waals surface area contributed by atoms with Crippen LogP contribution in [0.25, 0.3) is 22.4 Å². The van der Waals surface area contributed by atoms with Crippen LogP contribution in [0.2, 0.25) is 0 Å². The van der Waals surface area contributed by atoms with Gasteiger partial charge in [0.25, 0.3) is 15.6 Å². The Hall–Kier alpha value is -3.66. The van der Waals surface area contributed by atoms with Gasteiger partial charge >= 0.3 is 0 Å². The van der Waals surface area contributed by atoms with Gasteiger partial charge in [0, 0.05) is 13.6 Å². The van der Waals surface area contributed by atoms with Crippen LogP contribution in [0.3, 0.4) is 0 Å². The molecule has 1 N–H and O–H groups in total. The average molecular weight is 468 g/mol. The normalized spacial score (nSPS) is 11.6. The molecule has 0 aliphatic rings. The van der Waals surface area contributed by atoms with E-state index in [-0.39, 0.29) is 16.3 Å². The van der Waals surface area contributed by atoms with Crippen molar-refractivity contribution in [2.45, 2.75) is 31.7 Å². The minimum Gasteiger partial charge on any atom is -0.493 e. The molecule has 9 nitrogen and oxygen atoms in total. The Morgan fingerprint density at radius 2 is 1.88 bits per heavy atom. The molecule has 0 saturated heterocycles. The molecule has 0 aliphatic carbocycles. The molecule has 0 bridgehead atoms. The average Bonchev–Trinajstić information content (AvgIpc) is 3.23. The Labute approximate surface area is 191 Å². The standard InChI is InChI=1S/C23H25N5O4S/c1-4-13-28-22-19(15-24-28)23(29)26-21(25-22)18-14-17(11-12-20(18)32-5-2)33(30,31)27(3)16-9-7-6-8-10-16/h6-12,14-15H,4-5,13H2,1-3H3,(H,25,26,29). The summed E-state index contributed by atoms with van der Waals surface area (Å²) in [7, 11) is -2.38. The van der Waals surface area contributed by atoms with Crippen LogP contribution < -0.4 is 14.6 Å². The van der Waals surface area contributed by atoms with Crippen LogP contribution in [0.4, 0.5) is 5.69 Å². The number of nitrogens with zero attached hydrogens (tertiary/aromatic N) is 4. The third kappa shape index (κ3) is 4.21. The zero-order chi connectivity index (χ0) is 23.6. The van der Waals surface area contributed by atoms with Gasteiger partial charge in [-0.2, -0.15) is 5.10 Å². The van der Waals surface area contributed by atoms with E-state index in [1.165, 1.54) is 29.7 Å². The van der Waals surface area contributed by atoms with Crippen molar-refractivity contribution in [2.24, 2.45) is 0 Å². The summed E-state index contributed by atoms with van der Waals surface area (Å²) in [6.45, 7) is 4.80. The molecule has 0 atom stereocenters. The largest absolute Gasteiger partial charge is 0.493 e. The summed E-state index contributed by atoms with van der Waals surface area (Å²) in [4.78, 5) is 20.1. The molecule has 2 aromatic heterocycles. The maximum atomic E-state index is 13.3. The van der Waals surface area contributed by atoms with Crippen LogP contribution >= 0.6 is 0 Å². The van der Waals surface area contributed by atoms with Gasteiger partial charge in [-0.3, -0.25) is 9.10 Å². The zero-order valence-electron chi connectivity index (χ0n) is 18.6. The molecule has 2 heterocycles. The molecule has 0 aliphatic heterocycles. The highest BCUT2D eigenvalue weighted by Crippen LogP contribution is 2.32. The Balaban J connectivity index is 1.87. The molecule has 0 radical (unpaired) electrons. The number of anilines is 1. The van der Waals surface area contributed by atoms with Crippen LogP contribution in [0.15, 0.2) is 64.4 Å². The number of nitrogens with one attached hydrogen (secondary N) is 1. The smallest absolute Gasteiger partial charge is 0.264 e. The molecule has 2 aromatic carbocycles. The second kappa shape index (κ2) is 9.07. The van der Waals surface area contributed by atoms with E-state index in [0.717, 1.165) is 6.42 Å². The predicted molar refractivity (Wildman–Crippen MR) is 127 cm³/mol. The van der Waals surface area contributed by atoms with Crippen molar-refractivity contribution in [2.75, 3.05) is 18.0 Å². The molecule has 0 amide bonds. The molecular formula is C23H25N5O4S. The van der Waals surface area contributed by atoms with Crippen molar-refractivity contribution in [3.63, 3.8) is 0 Å². The Bertz CT molecular complexity index is 1440. The first kappa shape index (κ1) is 22.5. The molecule has 0 spiro atoms. The molecule has 172 valence electrons. The van der Waals surface area contributed by atoms with Crippen LogP contribution in [0.1, 0.15) is 20.3 Å². The van der Waals surface area contributed by atoms with E-state index in [4.69, 9.17) is 4.74 Å². The molecule has 10 heteroatoms. The maximum Gasteiger partial charge on any atom is 0.264 e. The number of hydrogen-bond donors (Lipinski definition) is 1. The van der Waals surface area contributed by atoms with E-state index >= 15 is 0 Å². The van der Waals surface area contributed by atoms with E-state index in [1.54, 1.807) is 35.0 Å². The maximum absolute atomic E-state index is 13.3. The number of H-pyrrole nitrogens is 1. The fraction of sp³-hybridized carbons (Fsp3) is 0.261. The van der Waals surface area contributed by atoms with E-state index < -0.39 is 10.0 Å². The summed E-state index contributed by atoms with van der Waals surface area (Å²) in [6, 6.07) is 13.3. The van der Waals surface area contributed by atoms with Crippen LogP contribution in [-0.2, 0) is 16.6 Å². The van der Waals surface area contributed by atoms with E-state index in [1.807, 2.05) is 19.9 Å². The van der Waals surface area contributed by atoms with Crippen molar-refractivity contribution in [1.29, 1.82) is 0 Å². The molecule has 4 rings (SSSR count). The monoisotopic (exact) mass is 467 g/mol. The van der Waals surface area contributed by atoms with E-state index in [2.05, 4.69) is 15.1 Å². The minimum absolute atomic E-state index is 0.0529. The van der Waals surface area contributed by atoms with Gasteiger partial charge in [-0.1, -0.05) is 25.1 Å². The SMILES string of the molecule is CCCn1ncc2c(=O)[nH]c(-c3cc(S(=O)(=O)N(C)c4ccccc4)ccc3OCC)nc21. The second-order valence-electron chi connectivity index (χ2n) is 7.42. The first-order valence-electron chi connectivity index (χ1n) is 10.6. The summed E-state index contributed by atoms with van der Waals surface area (Å²) in [5.41, 5.74) is 0.995. The van der Waals surface area contributed by atoms with Gasteiger partial charge in [-0.25, -0.2) is 18.1 Å². The first-order chi connectivity index (χ1) is 15.9. The molecular weight excluding hydrogens is 442 g/mol. The van der Waals surface area contributed by atoms with Crippen molar-refractivity contribution < 1.29 is 13.2 Å². The predicted octanol–water partition coefficient (Wildman–Crippen LogP) is 3.42. The van der Waals surface area contributed by atoms with E-state index in [0.29, 0.717) is 41.2 Å². The van der Waals surface area contributed by atoms with Gasteiger partial charge < -0.3 is 9.72 Å². The highest BCUT2D eigenvalue weighted by Gasteiger charge is 2.24. The van der Waals surface area contributed by atoms with Crippen LogP contribution in [-0.4, -0.2) is 41.8 Å². The molecule has 0 saturated carbocycles. The highest BCUT2D eigenvalue weighted by molar-refractivity contribution is 7.92. The molecule has 4 aromatic rings. The molecule has 0 unspecified atom stereocenters. The number of sulfonamides is 1. The lowest BCUT2D eigenvalue weighted by Gasteiger charge is -2.20. The van der Waals surface area contributed by atoms with Gasteiger partial charge in [0.1, 0.15) is 17.0 Å². The number of hydrogen-bond acceptors (Lipinski definition) is 6. The first-order valence-corrected chi connectivity index (χ1v) is 12.1. The third-order valence-electron chi connectivity index (χ3n) is 5.23. The topological polar surface area (TPSA) is 110 Å². The van der Waals surface area contributed by atoms with Crippen molar-refractivity contribution >= 4 is 26.7 Å². The zero-order valence-corrected chi connectivity index (χ0v) is 19.5. The number of ether oxygens (including phenoxy) is 1. The van der Waals surface area contributed by atoms with Crippen LogP contribution in [0, 0.1) is 0 Å². The summed E-state index contributed by atoms with van der Waals surface area (Å²) in [5, 5.41) is 4.63. The quantitative estimate of drug-likeness (QED) is 0.425. The van der Waals surface area contributed by atoms with Gasteiger partial charge in [0.15, 0.2) is 5.65 Å². The summed E-state index contributed by atoms with van der Waals surface area (Å²) in [5.74, 6) is 0.635. The molecule has 0 fully saturated rings. The lowest BCUT2D eigenvalue weighted by atomic mass is 10.2. The molecule has 33 heavy (non-hydrogen) atoms. The van der Waals surface area contributed by atoms with Crippen molar-refractivity contribution in [3.05, 3.63) is 65.1 Å². The fourth-order valence-corrected chi connectivity index (χ4v) is 4.76. The lowest BCUT2D eigenvalue weighted by molar-refractivity contribution is 0.341. The number of fused-ring (bicyclic) bond motifs is 1. The number of aromatic amines is 1. The number of rotatable bonds is 8.